The molecule has 8 heteroatoms. The number of nitrogens with two attached hydrogens (primary N) is 1. The lowest BCUT2D eigenvalue weighted by Crippen LogP contribution is -2.53. The van der Waals surface area contributed by atoms with Gasteiger partial charge in [-0.25, -0.2) is 4.79 Å². The molecule has 0 bridgehead atoms. The van der Waals surface area contributed by atoms with Crippen molar-refractivity contribution >= 4 is 36.0 Å². The number of ether oxygens (including phenoxy) is 2. The summed E-state index contributed by atoms with van der Waals surface area (Å²) in [5.74, 6) is 0.541. The normalized spacial score (nSPS) is 22.7. The minimum Gasteiger partial charge on any atom is -0.444 e. The third kappa shape index (κ3) is 6.70. The maximum atomic E-state index is 12.0. The lowest BCUT2D eigenvalue weighted by molar-refractivity contribution is 0.0186. The monoisotopic (exact) mass is 440 g/mol. The molecule has 134 valence electrons. The number of piperazine rings is 1. The van der Waals surface area contributed by atoms with Crippen LogP contribution in [-0.4, -0.2) is 72.9 Å². The van der Waals surface area contributed by atoms with Gasteiger partial charge in [0.25, 0.3) is 0 Å². The number of guanidine groups is 1. The molecule has 7 nitrogen and oxygen atoms in total. The van der Waals surface area contributed by atoms with Crippen molar-refractivity contribution in [1.82, 2.24) is 9.80 Å². The summed E-state index contributed by atoms with van der Waals surface area (Å²) in [6, 6.07) is 0. The van der Waals surface area contributed by atoms with Gasteiger partial charge in [0.05, 0.1) is 12.6 Å². The summed E-state index contributed by atoms with van der Waals surface area (Å²) in [5.41, 5.74) is 5.57. The predicted molar refractivity (Wildman–Crippen MR) is 100 cm³/mol. The van der Waals surface area contributed by atoms with E-state index in [0.29, 0.717) is 38.7 Å². The number of halogens is 1. The van der Waals surface area contributed by atoms with Crippen LogP contribution < -0.4 is 5.73 Å². The first kappa shape index (κ1) is 20.3. The molecule has 0 aromatic rings. The Kier molecular flexibility index (Phi) is 7.85. The van der Waals surface area contributed by atoms with Crippen molar-refractivity contribution in [3.63, 3.8) is 0 Å². The van der Waals surface area contributed by atoms with E-state index in [1.54, 1.807) is 4.90 Å². The van der Waals surface area contributed by atoms with Crippen molar-refractivity contribution < 1.29 is 14.3 Å². The Morgan fingerprint density at radius 2 is 1.87 bits per heavy atom. The van der Waals surface area contributed by atoms with Crippen LogP contribution in [0.1, 0.15) is 33.6 Å². The Labute approximate surface area is 155 Å². The zero-order valence-corrected chi connectivity index (χ0v) is 16.6. The van der Waals surface area contributed by atoms with E-state index in [-0.39, 0.29) is 36.2 Å². The summed E-state index contributed by atoms with van der Waals surface area (Å²) in [4.78, 5) is 20.1. The Hall–Kier alpha value is -0.770. The summed E-state index contributed by atoms with van der Waals surface area (Å²) < 4.78 is 10.9. The summed E-state index contributed by atoms with van der Waals surface area (Å²) >= 11 is 0. The van der Waals surface area contributed by atoms with E-state index >= 15 is 0 Å². The van der Waals surface area contributed by atoms with Crippen molar-refractivity contribution in [3.8, 4) is 0 Å². The van der Waals surface area contributed by atoms with Crippen LogP contribution in [0.15, 0.2) is 4.99 Å². The molecule has 2 aliphatic heterocycles. The molecule has 0 saturated carbocycles. The van der Waals surface area contributed by atoms with E-state index in [1.807, 2.05) is 25.7 Å². The van der Waals surface area contributed by atoms with Gasteiger partial charge in [0.1, 0.15) is 5.60 Å². The Bertz CT molecular complexity index is 411. The zero-order chi connectivity index (χ0) is 16.2. The molecule has 0 aromatic heterocycles. The van der Waals surface area contributed by atoms with E-state index in [2.05, 4.69) is 4.99 Å². The van der Waals surface area contributed by atoms with Crippen molar-refractivity contribution in [2.45, 2.75) is 45.3 Å². The smallest absolute Gasteiger partial charge is 0.410 e. The maximum Gasteiger partial charge on any atom is 0.410 e. The second-order valence-corrected chi connectivity index (χ2v) is 6.79. The minimum atomic E-state index is -0.462. The number of hydrogen-bond donors (Lipinski definition) is 1. The summed E-state index contributed by atoms with van der Waals surface area (Å²) in [6.45, 7) is 9.63. The Balaban J connectivity index is 0.00000264. The maximum absolute atomic E-state index is 12.0. The van der Waals surface area contributed by atoms with Crippen molar-refractivity contribution in [1.29, 1.82) is 0 Å². The van der Waals surface area contributed by atoms with Gasteiger partial charge in [0.2, 0.25) is 0 Å². The van der Waals surface area contributed by atoms with Gasteiger partial charge in [-0.2, -0.15) is 0 Å². The number of carbonyl (C=O) groups excluding carboxylic acids is 1. The molecule has 2 fully saturated rings. The van der Waals surface area contributed by atoms with E-state index in [1.165, 1.54) is 0 Å². The van der Waals surface area contributed by atoms with Crippen LogP contribution in [0.25, 0.3) is 0 Å². The number of amides is 1. The molecule has 0 radical (unpaired) electrons. The first-order valence-electron chi connectivity index (χ1n) is 7.99. The van der Waals surface area contributed by atoms with Gasteiger partial charge in [-0.15, -0.1) is 24.0 Å². The van der Waals surface area contributed by atoms with Crippen LogP contribution in [-0.2, 0) is 9.47 Å². The minimum absolute atomic E-state index is 0. The Morgan fingerprint density at radius 3 is 2.39 bits per heavy atom. The topological polar surface area (TPSA) is 80.4 Å². The lowest BCUT2D eigenvalue weighted by Gasteiger charge is -2.36. The Morgan fingerprint density at radius 1 is 1.26 bits per heavy atom. The fourth-order valence-electron chi connectivity index (χ4n) is 2.53. The predicted octanol–water partition coefficient (Wildman–Crippen LogP) is 1.65. The number of nitrogens with zero attached hydrogens (tertiary/aromatic N) is 3. The van der Waals surface area contributed by atoms with Crippen molar-refractivity contribution in [2.24, 2.45) is 10.7 Å². The molecule has 2 saturated heterocycles. The van der Waals surface area contributed by atoms with Gasteiger partial charge < -0.3 is 25.0 Å². The molecular weight excluding hydrogens is 411 g/mol. The van der Waals surface area contributed by atoms with E-state index in [9.17, 15) is 4.79 Å². The molecule has 1 amide bonds. The SMILES string of the molecule is CC(C)(C)OC(=O)N1CCN(C(N)=NCC2CCCO2)CC1.I. The van der Waals surface area contributed by atoms with Crippen molar-refractivity contribution in [3.05, 3.63) is 0 Å². The first-order chi connectivity index (χ1) is 10.3. The molecule has 2 rings (SSSR count). The third-order valence-electron chi connectivity index (χ3n) is 3.74. The molecule has 0 spiro atoms. The quantitative estimate of drug-likeness (QED) is 0.401. The molecular formula is C15H29IN4O3. The number of hydrogen-bond acceptors (Lipinski definition) is 4. The van der Waals surface area contributed by atoms with Crippen LogP contribution >= 0.6 is 24.0 Å². The highest BCUT2D eigenvalue weighted by molar-refractivity contribution is 14.0. The third-order valence-corrected chi connectivity index (χ3v) is 3.74. The highest BCUT2D eigenvalue weighted by atomic mass is 127. The average molecular weight is 440 g/mol. The molecule has 0 aliphatic carbocycles. The van der Waals surface area contributed by atoms with E-state index in [0.717, 1.165) is 19.4 Å². The molecule has 2 N–H and O–H groups in total. The fraction of sp³-hybridized carbons (Fsp3) is 0.867. The average Bonchev–Trinajstić information content (AvgIpc) is 2.96. The van der Waals surface area contributed by atoms with Gasteiger partial charge >= 0.3 is 6.09 Å². The van der Waals surface area contributed by atoms with Crippen LogP contribution in [0.4, 0.5) is 4.79 Å². The lowest BCUT2D eigenvalue weighted by atomic mass is 10.2. The zero-order valence-electron chi connectivity index (χ0n) is 14.3. The van der Waals surface area contributed by atoms with Gasteiger partial charge in [-0.3, -0.25) is 4.99 Å². The summed E-state index contributed by atoms with van der Waals surface area (Å²) in [6.07, 6.45) is 2.11. The van der Waals surface area contributed by atoms with Gasteiger partial charge in [0.15, 0.2) is 5.96 Å². The van der Waals surface area contributed by atoms with Gasteiger partial charge in [-0.05, 0) is 33.6 Å². The standard InChI is InChI=1S/C15H28N4O3.HI/c1-15(2,3)22-14(20)19-8-6-18(7-9-19)13(16)17-11-12-5-4-10-21-12;/h12H,4-11H2,1-3H3,(H2,16,17);1H. The second kappa shape index (κ2) is 8.91. The number of rotatable bonds is 2. The van der Waals surface area contributed by atoms with Gasteiger partial charge in [0, 0.05) is 32.8 Å². The summed E-state index contributed by atoms with van der Waals surface area (Å²) in [5, 5.41) is 0. The van der Waals surface area contributed by atoms with Crippen LogP contribution in [0.2, 0.25) is 0 Å². The van der Waals surface area contributed by atoms with Gasteiger partial charge in [-0.1, -0.05) is 0 Å². The highest BCUT2D eigenvalue weighted by Crippen LogP contribution is 2.13. The number of carbonyl (C=O) groups is 1. The molecule has 2 heterocycles. The molecule has 2 aliphatic rings. The van der Waals surface area contributed by atoms with Crippen LogP contribution in [0.3, 0.4) is 0 Å². The molecule has 1 atom stereocenters. The van der Waals surface area contributed by atoms with Crippen LogP contribution in [0.5, 0.6) is 0 Å². The molecule has 1 unspecified atom stereocenters. The number of aliphatic imine (C=N–C) groups is 1. The first-order valence-corrected chi connectivity index (χ1v) is 7.99. The largest absolute Gasteiger partial charge is 0.444 e. The summed E-state index contributed by atoms with van der Waals surface area (Å²) in [7, 11) is 0. The van der Waals surface area contributed by atoms with Crippen LogP contribution in [0, 0.1) is 0 Å². The highest BCUT2D eigenvalue weighted by Gasteiger charge is 2.26. The van der Waals surface area contributed by atoms with Crippen molar-refractivity contribution in [2.75, 3.05) is 39.3 Å². The van der Waals surface area contributed by atoms with E-state index in [4.69, 9.17) is 15.2 Å². The van der Waals surface area contributed by atoms with E-state index < -0.39 is 5.60 Å². The molecule has 23 heavy (non-hydrogen) atoms. The fourth-order valence-corrected chi connectivity index (χ4v) is 2.53. The second-order valence-electron chi connectivity index (χ2n) is 6.79. The molecule has 0 aromatic carbocycles.